The van der Waals surface area contributed by atoms with Crippen LogP contribution in [0.25, 0.3) is 0 Å². The second kappa shape index (κ2) is 6.35. The summed E-state index contributed by atoms with van der Waals surface area (Å²) in [6.07, 6.45) is 0. The van der Waals surface area contributed by atoms with Crippen molar-refractivity contribution in [1.29, 1.82) is 0 Å². The van der Waals surface area contributed by atoms with Crippen LogP contribution in [0.3, 0.4) is 0 Å². The van der Waals surface area contributed by atoms with Crippen molar-refractivity contribution < 1.29 is 8.78 Å². The predicted molar refractivity (Wildman–Crippen MR) is 82.7 cm³/mol. The van der Waals surface area contributed by atoms with Crippen LogP contribution in [0.15, 0.2) is 36.4 Å². The third kappa shape index (κ3) is 4.03. The normalized spacial score (nSPS) is 10.2. The Kier molecular flexibility index (Phi) is 4.75. The van der Waals surface area contributed by atoms with E-state index < -0.39 is 11.6 Å². The Morgan fingerprint density at radius 2 is 1.60 bits per heavy atom. The van der Waals surface area contributed by atoms with Gasteiger partial charge < -0.3 is 10.6 Å². The largest absolute Gasteiger partial charge is 0.332 e. The van der Waals surface area contributed by atoms with Crippen LogP contribution in [0.2, 0.25) is 10.0 Å². The smallest absolute Gasteiger partial charge is 0.175 e. The van der Waals surface area contributed by atoms with E-state index in [1.807, 2.05) is 0 Å². The Morgan fingerprint density at radius 1 is 0.950 bits per heavy atom. The van der Waals surface area contributed by atoms with Crippen LogP contribution < -0.4 is 10.6 Å². The van der Waals surface area contributed by atoms with Gasteiger partial charge in [-0.3, -0.25) is 0 Å². The molecule has 20 heavy (non-hydrogen) atoms. The van der Waals surface area contributed by atoms with Gasteiger partial charge in [0.1, 0.15) is 11.6 Å². The van der Waals surface area contributed by atoms with Crippen molar-refractivity contribution in [2.24, 2.45) is 0 Å². The van der Waals surface area contributed by atoms with E-state index in [0.717, 1.165) is 12.1 Å². The van der Waals surface area contributed by atoms with Crippen molar-refractivity contribution in [3.8, 4) is 0 Å². The Labute approximate surface area is 129 Å². The Balaban J connectivity index is 2.09. The zero-order valence-corrected chi connectivity index (χ0v) is 12.2. The molecule has 7 heteroatoms. The maximum absolute atomic E-state index is 13.4. The molecule has 0 amide bonds. The molecule has 0 saturated heterocycles. The minimum Gasteiger partial charge on any atom is -0.332 e. The van der Waals surface area contributed by atoms with E-state index in [1.165, 1.54) is 6.07 Å². The highest BCUT2D eigenvalue weighted by Crippen LogP contribution is 2.23. The Bertz CT molecular complexity index is 645. The number of thiocarbonyl (C=S) groups is 1. The molecule has 0 aliphatic heterocycles. The fraction of sp³-hybridized carbons (Fsp3) is 0. The number of hydrogen-bond donors (Lipinski definition) is 2. The summed E-state index contributed by atoms with van der Waals surface area (Å²) in [5, 5.41) is 6.44. The molecule has 2 rings (SSSR count). The quantitative estimate of drug-likeness (QED) is 0.750. The molecular weight excluding hydrogens is 325 g/mol. The van der Waals surface area contributed by atoms with Crippen molar-refractivity contribution in [3.05, 3.63) is 58.1 Å². The second-order valence-electron chi connectivity index (χ2n) is 3.86. The topological polar surface area (TPSA) is 24.1 Å². The molecule has 0 spiro atoms. The molecule has 2 N–H and O–H groups in total. The first-order valence-corrected chi connectivity index (χ1v) is 6.59. The van der Waals surface area contributed by atoms with Crippen LogP contribution in [0, 0.1) is 11.6 Å². The van der Waals surface area contributed by atoms with Gasteiger partial charge >= 0.3 is 0 Å². The van der Waals surface area contributed by atoms with Crippen molar-refractivity contribution in [3.63, 3.8) is 0 Å². The molecule has 2 nitrogen and oxygen atoms in total. The van der Waals surface area contributed by atoms with Crippen molar-refractivity contribution in [1.82, 2.24) is 0 Å². The molecule has 2 aromatic carbocycles. The third-order valence-electron chi connectivity index (χ3n) is 2.30. The molecule has 0 atom stereocenters. The highest BCUT2D eigenvalue weighted by atomic mass is 35.5. The van der Waals surface area contributed by atoms with E-state index in [4.69, 9.17) is 35.4 Å². The van der Waals surface area contributed by atoms with E-state index >= 15 is 0 Å². The van der Waals surface area contributed by atoms with Gasteiger partial charge in [-0.25, -0.2) is 8.78 Å². The van der Waals surface area contributed by atoms with Crippen LogP contribution in [-0.2, 0) is 0 Å². The van der Waals surface area contributed by atoms with E-state index in [-0.39, 0.29) is 10.8 Å². The van der Waals surface area contributed by atoms with Crippen LogP contribution in [0.4, 0.5) is 20.2 Å². The molecule has 0 bridgehead atoms. The lowest BCUT2D eigenvalue weighted by Gasteiger charge is -2.11. The van der Waals surface area contributed by atoms with Gasteiger partial charge in [-0.2, -0.15) is 0 Å². The fourth-order valence-corrected chi connectivity index (χ4v) is 2.26. The van der Waals surface area contributed by atoms with Crippen LogP contribution in [0.1, 0.15) is 0 Å². The number of nitrogens with one attached hydrogen (secondary N) is 2. The number of hydrogen-bond acceptors (Lipinski definition) is 1. The molecule has 0 radical (unpaired) electrons. The van der Waals surface area contributed by atoms with Gasteiger partial charge in [-0.1, -0.05) is 23.2 Å². The molecule has 104 valence electrons. The maximum Gasteiger partial charge on any atom is 0.175 e. The summed E-state index contributed by atoms with van der Waals surface area (Å²) in [5.74, 6) is -1.40. The zero-order valence-electron chi connectivity index (χ0n) is 9.88. The van der Waals surface area contributed by atoms with Gasteiger partial charge in [0.15, 0.2) is 5.11 Å². The molecule has 0 aliphatic carbocycles. The van der Waals surface area contributed by atoms with E-state index in [2.05, 4.69) is 10.6 Å². The first-order chi connectivity index (χ1) is 9.44. The fourth-order valence-electron chi connectivity index (χ4n) is 1.50. The van der Waals surface area contributed by atoms with E-state index in [0.29, 0.717) is 15.7 Å². The monoisotopic (exact) mass is 332 g/mol. The van der Waals surface area contributed by atoms with E-state index in [9.17, 15) is 8.78 Å². The maximum atomic E-state index is 13.4. The summed E-state index contributed by atoms with van der Waals surface area (Å²) in [6.45, 7) is 0. The van der Waals surface area contributed by atoms with Gasteiger partial charge in [0, 0.05) is 21.8 Å². The van der Waals surface area contributed by atoms with Crippen molar-refractivity contribution in [2.45, 2.75) is 0 Å². The lowest BCUT2D eigenvalue weighted by molar-refractivity contribution is 0.586. The predicted octanol–water partition coefficient (Wildman–Crippen LogP) is 5.08. The van der Waals surface area contributed by atoms with Gasteiger partial charge in [0.2, 0.25) is 0 Å². The summed E-state index contributed by atoms with van der Waals surface area (Å²) < 4.78 is 26.2. The summed E-state index contributed by atoms with van der Waals surface area (Å²) in [5.41, 5.74) is 0.625. The lowest BCUT2D eigenvalue weighted by Crippen LogP contribution is -2.19. The van der Waals surface area contributed by atoms with Gasteiger partial charge in [-0.05, 0) is 42.5 Å². The molecule has 2 aromatic rings. The highest BCUT2D eigenvalue weighted by molar-refractivity contribution is 7.80. The number of anilines is 2. The number of halogens is 4. The lowest BCUT2D eigenvalue weighted by atomic mass is 10.3. The minimum atomic E-state index is -0.738. The van der Waals surface area contributed by atoms with Crippen molar-refractivity contribution >= 4 is 51.9 Å². The molecule has 0 heterocycles. The van der Waals surface area contributed by atoms with Crippen LogP contribution >= 0.6 is 35.4 Å². The molecule has 0 saturated carbocycles. The second-order valence-corrected chi connectivity index (χ2v) is 5.14. The van der Waals surface area contributed by atoms with Gasteiger partial charge in [0.05, 0.1) is 5.69 Å². The molecule has 0 aromatic heterocycles. The number of benzene rings is 2. The van der Waals surface area contributed by atoms with Crippen molar-refractivity contribution in [2.75, 3.05) is 10.6 Å². The summed E-state index contributed by atoms with van der Waals surface area (Å²) in [7, 11) is 0. The molecule has 0 unspecified atom stereocenters. The molecular formula is C13H8Cl2F2N2S. The number of rotatable bonds is 2. The average molecular weight is 333 g/mol. The molecule has 0 fully saturated rings. The van der Waals surface area contributed by atoms with Crippen LogP contribution in [0.5, 0.6) is 0 Å². The van der Waals surface area contributed by atoms with Gasteiger partial charge in [0.25, 0.3) is 0 Å². The third-order valence-corrected chi connectivity index (χ3v) is 2.94. The zero-order chi connectivity index (χ0) is 14.7. The SMILES string of the molecule is Fc1ccc(NC(=S)Nc2cc(Cl)cc(Cl)c2)c(F)c1. The van der Waals surface area contributed by atoms with Gasteiger partial charge in [-0.15, -0.1) is 0 Å². The average Bonchev–Trinajstić information content (AvgIpc) is 2.31. The first kappa shape index (κ1) is 15.0. The highest BCUT2D eigenvalue weighted by Gasteiger charge is 2.06. The summed E-state index contributed by atoms with van der Waals surface area (Å²) in [4.78, 5) is 0. The Hall–Kier alpha value is -1.43. The van der Waals surface area contributed by atoms with E-state index in [1.54, 1.807) is 18.2 Å². The molecule has 0 aliphatic rings. The summed E-state index contributed by atoms with van der Waals surface area (Å²) in [6, 6.07) is 7.95. The Morgan fingerprint density at radius 3 is 2.20 bits per heavy atom. The van der Waals surface area contributed by atoms with Crippen LogP contribution in [-0.4, -0.2) is 5.11 Å². The standard InChI is InChI=1S/C13H8Cl2F2N2S/c14-7-3-8(15)5-10(4-7)18-13(20)19-12-2-1-9(16)6-11(12)17/h1-6H,(H2,18,19,20). The minimum absolute atomic E-state index is 0.0667. The first-order valence-electron chi connectivity index (χ1n) is 5.43. The summed E-state index contributed by atoms with van der Waals surface area (Å²) >= 11 is 16.7.